The Hall–Kier alpha value is -1.50. The summed E-state index contributed by atoms with van der Waals surface area (Å²) in [5.74, 6) is 0. The van der Waals surface area contributed by atoms with Crippen molar-refractivity contribution in [3.05, 3.63) is 42.2 Å². The zero-order valence-corrected chi connectivity index (χ0v) is 12.7. The first-order chi connectivity index (χ1) is 9.85. The van der Waals surface area contributed by atoms with Crippen molar-refractivity contribution in [2.45, 2.75) is 23.0 Å². The van der Waals surface area contributed by atoms with Crippen molar-refractivity contribution >= 4 is 33.3 Å². The van der Waals surface area contributed by atoms with Crippen molar-refractivity contribution in [2.75, 3.05) is 6.54 Å². The van der Waals surface area contributed by atoms with Crippen molar-refractivity contribution in [1.29, 1.82) is 0 Å². The Balaban J connectivity index is 1.73. The fourth-order valence-electron chi connectivity index (χ4n) is 1.73. The molecule has 0 aliphatic heterocycles. The van der Waals surface area contributed by atoms with Gasteiger partial charge in [0.1, 0.15) is 0 Å². The van der Waals surface area contributed by atoms with Crippen molar-refractivity contribution in [3.8, 4) is 0 Å². The Morgan fingerprint density at radius 2 is 2.00 bits per heavy atom. The Morgan fingerprint density at radius 3 is 2.75 bits per heavy atom. The molecule has 0 radical (unpaired) electrons. The van der Waals surface area contributed by atoms with E-state index in [0.29, 0.717) is 0 Å². The molecule has 0 aliphatic carbocycles. The quantitative estimate of drug-likeness (QED) is 0.733. The molecule has 4 nitrogen and oxygen atoms in total. The lowest BCUT2D eigenvalue weighted by Gasteiger charge is -2.01. The zero-order valence-electron chi connectivity index (χ0n) is 11.0. The van der Waals surface area contributed by atoms with Crippen molar-refractivity contribution in [1.82, 2.24) is 20.3 Å². The highest BCUT2D eigenvalue weighted by Gasteiger charge is 2.07. The topological polar surface area (TPSA) is 50.7 Å². The second-order valence-electron chi connectivity index (χ2n) is 4.20. The second-order valence-corrected chi connectivity index (χ2v) is 6.45. The number of hydrogen-bond donors (Lipinski definition) is 1. The highest BCUT2D eigenvalue weighted by molar-refractivity contribution is 8.01. The number of para-hydroxylation sites is 1. The van der Waals surface area contributed by atoms with E-state index < -0.39 is 0 Å². The van der Waals surface area contributed by atoms with Gasteiger partial charge in [-0.1, -0.05) is 19.1 Å². The van der Waals surface area contributed by atoms with Crippen LogP contribution in [0.5, 0.6) is 0 Å². The number of benzene rings is 1. The minimum absolute atomic E-state index is 0.740. The smallest absolute Gasteiger partial charge is 0.194 e. The lowest BCUT2D eigenvalue weighted by atomic mass is 10.3. The predicted molar refractivity (Wildman–Crippen MR) is 83.2 cm³/mol. The molecular formula is C14H14N4S2. The normalized spacial score (nSPS) is 11.1. The molecule has 0 bridgehead atoms. The molecule has 3 rings (SSSR count). The van der Waals surface area contributed by atoms with E-state index >= 15 is 0 Å². The summed E-state index contributed by atoms with van der Waals surface area (Å²) in [7, 11) is 0. The second kappa shape index (κ2) is 6.30. The summed E-state index contributed by atoms with van der Waals surface area (Å²) in [4.78, 5) is 13.3. The molecule has 0 spiro atoms. The highest BCUT2D eigenvalue weighted by Crippen LogP contribution is 2.32. The van der Waals surface area contributed by atoms with Gasteiger partial charge in [0.25, 0.3) is 0 Å². The van der Waals surface area contributed by atoms with Crippen LogP contribution in [0.4, 0.5) is 0 Å². The lowest BCUT2D eigenvalue weighted by Crippen LogP contribution is -2.12. The fourth-order valence-corrected chi connectivity index (χ4v) is 3.60. The van der Waals surface area contributed by atoms with Gasteiger partial charge in [-0.3, -0.25) is 0 Å². The van der Waals surface area contributed by atoms with Gasteiger partial charge in [0.2, 0.25) is 0 Å². The van der Waals surface area contributed by atoms with Gasteiger partial charge < -0.3 is 5.32 Å². The van der Waals surface area contributed by atoms with Gasteiger partial charge in [-0.2, -0.15) is 0 Å². The lowest BCUT2D eigenvalue weighted by molar-refractivity contribution is 0.716. The predicted octanol–water partition coefficient (Wildman–Crippen LogP) is 3.35. The van der Waals surface area contributed by atoms with Gasteiger partial charge in [0.15, 0.2) is 9.50 Å². The zero-order chi connectivity index (χ0) is 13.8. The summed E-state index contributed by atoms with van der Waals surface area (Å²) in [6.07, 6.45) is 3.73. The molecule has 102 valence electrons. The molecule has 0 unspecified atom stereocenters. The fraction of sp³-hybridized carbons (Fsp3) is 0.214. The third-order valence-electron chi connectivity index (χ3n) is 2.71. The maximum absolute atomic E-state index is 4.57. The van der Waals surface area contributed by atoms with Gasteiger partial charge in [0, 0.05) is 24.5 Å². The van der Waals surface area contributed by atoms with Crippen LogP contribution in [0.1, 0.15) is 12.5 Å². The number of thiazole rings is 1. The molecule has 0 saturated carbocycles. The van der Waals surface area contributed by atoms with Crippen LogP contribution in [0.15, 0.2) is 46.2 Å². The molecule has 0 saturated heterocycles. The van der Waals surface area contributed by atoms with Crippen LogP contribution in [0, 0.1) is 0 Å². The highest BCUT2D eigenvalue weighted by atomic mass is 32.2. The Bertz CT molecular complexity index is 661. The molecule has 0 amide bonds. The van der Waals surface area contributed by atoms with E-state index in [1.807, 2.05) is 30.6 Å². The van der Waals surface area contributed by atoms with Gasteiger partial charge in [-0.15, -0.1) is 11.3 Å². The van der Waals surface area contributed by atoms with E-state index in [2.05, 4.69) is 33.3 Å². The Kier molecular flexibility index (Phi) is 4.25. The molecule has 6 heteroatoms. The average molecular weight is 302 g/mol. The molecule has 1 N–H and O–H groups in total. The molecule has 1 aromatic carbocycles. The number of nitrogens with one attached hydrogen (secondary N) is 1. The Morgan fingerprint density at radius 1 is 1.20 bits per heavy atom. The maximum Gasteiger partial charge on any atom is 0.194 e. The van der Waals surface area contributed by atoms with E-state index in [9.17, 15) is 0 Å². The van der Waals surface area contributed by atoms with Crippen molar-refractivity contribution < 1.29 is 0 Å². The summed E-state index contributed by atoms with van der Waals surface area (Å²) in [6, 6.07) is 8.14. The number of rotatable bonds is 5. The van der Waals surface area contributed by atoms with Gasteiger partial charge in [0.05, 0.1) is 10.2 Å². The number of nitrogens with zero attached hydrogens (tertiary/aromatic N) is 3. The van der Waals surface area contributed by atoms with E-state index in [4.69, 9.17) is 0 Å². The summed E-state index contributed by atoms with van der Waals surface area (Å²) in [5.41, 5.74) is 2.13. The van der Waals surface area contributed by atoms with Crippen LogP contribution >= 0.6 is 23.1 Å². The van der Waals surface area contributed by atoms with E-state index in [1.165, 1.54) is 16.5 Å². The third-order valence-corrected chi connectivity index (χ3v) is 4.70. The molecule has 0 aliphatic rings. The molecule has 20 heavy (non-hydrogen) atoms. The maximum atomic E-state index is 4.57. The van der Waals surface area contributed by atoms with E-state index in [0.717, 1.165) is 33.7 Å². The van der Waals surface area contributed by atoms with Crippen molar-refractivity contribution in [3.63, 3.8) is 0 Å². The van der Waals surface area contributed by atoms with Crippen LogP contribution in [0.2, 0.25) is 0 Å². The molecule has 2 heterocycles. The summed E-state index contributed by atoms with van der Waals surface area (Å²) in [5, 5.41) is 3.99. The summed E-state index contributed by atoms with van der Waals surface area (Å²) >= 11 is 3.18. The van der Waals surface area contributed by atoms with Crippen LogP contribution in [0.25, 0.3) is 10.2 Å². The first kappa shape index (κ1) is 13.5. The average Bonchev–Trinajstić information content (AvgIpc) is 2.89. The minimum atomic E-state index is 0.740. The Labute approximate surface area is 125 Å². The van der Waals surface area contributed by atoms with Crippen LogP contribution in [0.3, 0.4) is 0 Å². The standard InChI is InChI=1S/C14H14N4S2/c1-2-15-7-10-8-16-13(17-9-10)20-14-18-11-5-3-4-6-12(11)19-14/h3-6,8-9,15H,2,7H2,1H3. The SMILES string of the molecule is CCNCc1cnc(Sc2nc3ccccc3s2)nc1. The molecule has 2 aromatic heterocycles. The first-order valence-electron chi connectivity index (χ1n) is 6.40. The minimum Gasteiger partial charge on any atom is -0.313 e. The third kappa shape index (κ3) is 3.15. The van der Waals surface area contributed by atoms with Crippen LogP contribution < -0.4 is 5.32 Å². The largest absolute Gasteiger partial charge is 0.313 e. The molecule has 3 aromatic rings. The molecule has 0 fully saturated rings. The summed E-state index contributed by atoms with van der Waals surface area (Å²) in [6.45, 7) is 3.84. The number of aromatic nitrogens is 3. The summed E-state index contributed by atoms with van der Waals surface area (Å²) < 4.78 is 2.17. The number of fused-ring (bicyclic) bond motifs is 1. The molecule has 0 atom stereocenters. The van der Waals surface area contributed by atoms with Gasteiger partial charge in [-0.25, -0.2) is 15.0 Å². The monoisotopic (exact) mass is 302 g/mol. The van der Waals surface area contributed by atoms with Crippen LogP contribution in [-0.4, -0.2) is 21.5 Å². The number of hydrogen-bond acceptors (Lipinski definition) is 6. The molecular weight excluding hydrogens is 288 g/mol. The van der Waals surface area contributed by atoms with Crippen LogP contribution in [-0.2, 0) is 6.54 Å². The van der Waals surface area contributed by atoms with E-state index in [-0.39, 0.29) is 0 Å². The van der Waals surface area contributed by atoms with Crippen molar-refractivity contribution in [2.24, 2.45) is 0 Å². The van der Waals surface area contributed by atoms with Gasteiger partial charge >= 0.3 is 0 Å². The first-order valence-corrected chi connectivity index (χ1v) is 8.03. The van der Waals surface area contributed by atoms with E-state index in [1.54, 1.807) is 11.3 Å². The van der Waals surface area contributed by atoms with Gasteiger partial charge in [-0.05, 0) is 30.4 Å².